The Hall–Kier alpha value is -2.24. The van der Waals surface area contributed by atoms with E-state index in [4.69, 9.17) is 22.1 Å². The van der Waals surface area contributed by atoms with E-state index in [1.807, 2.05) is 0 Å². The van der Waals surface area contributed by atoms with Crippen molar-refractivity contribution < 1.29 is 27.1 Å². The molecule has 0 saturated carbocycles. The summed E-state index contributed by atoms with van der Waals surface area (Å²) in [4.78, 5) is 26.7. The second kappa shape index (κ2) is 11.9. The van der Waals surface area contributed by atoms with Gasteiger partial charge in [-0.25, -0.2) is 12.8 Å². The van der Waals surface area contributed by atoms with E-state index < -0.39 is 39.3 Å². The first-order chi connectivity index (χ1) is 16.7. The van der Waals surface area contributed by atoms with Crippen LogP contribution in [-0.4, -0.2) is 51.8 Å². The Morgan fingerprint density at radius 3 is 2.53 bits per heavy atom. The van der Waals surface area contributed by atoms with Crippen molar-refractivity contribution in [3.63, 3.8) is 0 Å². The van der Waals surface area contributed by atoms with Crippen molar-refractivity contribution in [1.29, 1.82) is 0 Å². The first-order valence-corrected chi connectivity index (χ1v) is 13.4. The summed E-state index contributed by atoms with van der Waals surface area (Å²) in [7, 11) is -4.08. The lowest BCUT2D eigenvalue weighted by atomic mass is 9.96. The van der Waals surface area contributed by atoms with Gasteiger partial charge in [-0.15, -0.1) is 12.4 Å². The van der Waals surface area contributed by atoms with Crippen molar-refractivity contribution in [2.24, 2.45) is 11.7 Å². The molecule has 8 nitrogen and oxygen atoms in total. The van der Waals surface area contributed by atoms with Gasteiger partial charge in [0.05, 0.1) is 34.5 Å². The molecule has 2 aliphatic heterocycles. The molecule has 2 aliphatic rings. The quantitative estimate of drug-likeness (QED) is 0.561. The Morgan fingerprint density at radius 2 is 1.86 bits per heavy atom. The summed E-state index contributed by atoms with van der Waals surface area (Å²) < 4.78 is 46.2. The van der Waals surface area contributed by atoms with Crippen LogP contribution in [0.5, 0.6) is 0 Å². The second-order valence-electron chi connectivity index (χ2n) is 8.84. The second-order valence-corrected chi connectivity index (χ2v) is 11.3. The zero-order chi connectivity index (χ0) is 25.2. The molecular weight excluding hydrogens is 532 g/mol. The van der Waals surface area contributed by atoms with Crippen LogP contribution in [0.25, 0.3) is 0 Å². The number of amides is 2. The van der Waals surface area contributed by atoms with Gasteiger partial charge < -0.3 is 20.7 Å². The van der Waals surface area contributed by atoms with E-state index in [9.17, 15) is 22.4 Å². The molecule has 2 aromatic rings. The maximum atomic E-state index is 15.0. The van der Waals surface area contributed by atoms with Gasteiger partial charge in [0.25, 0.3) is 5.91 Å². The molecule has 196 valence electrons. The minimum absolute atomic E-state index is 0. The van der Waals surface area contributed by atoms with Gasteiger partial charge in [0.15, 0.2) is 9.84 Å². The Bertz CT molecular complexity index is 1220. The highest BCUT2D eigenvalue weighted by atomic mass is 35.5. The number of sulfone groups is 1. The molecule has 1 saturated heterocycles. The van der Waals surface area contributed by atoms with Gasteiger partial charge in [-0.1, -0.05) is 23.7 Å². The Balaban J connectivity index is 0.00000361. The average Bonchev–Trinajstić information content (AvgIpc) is 2.89. The van der Waals surface area contributed by atoms with E-state index in [0.717, 1.165) is 31.4 Å². The van der Waals surface area contributed by atoms with Crippen molar-refractivity contribution in [3.8, 4) is 0 Å². The minimum atomic E-state index is -4.08. The molecule has 0 unspecified atom stereocenters. The summed E-state index contributed by atoms with van der Waals surface area (Å²) in [6.07, 6.45) is 2.54. The predicted octanol–water partition coefficient (Wildman–Crippen LogP) is 3.10. The molecule has 1 atom stereocenters. The number of benzene rings is 2. The van der Waals surface area contributed by atoms with Crippen LogP contribution < -0.4 is 16.0 Å². The van der Waals surface area contributed by atoms with Crippen LogP contribution in [0.3, 0.4) is 0 Å². The molecule has 0 bridgehead atoms. The molecule has 0 aromatic heterocycles. The summed E-state index contributed by atoms with van der Waals surface area (Å²) >= 11 is 5.94. The zero-order valence-corrected chi connectivity index (χ0v) is 21.8. The number of nitrogens with zero attached hydrogens (tertiary/aromatic N) is 1. The number of hydrogen-bond acceptors (Lipinski definition) is 6. The van der Waals surface area contributed by atoms with Crippen molar-refractivity contribution in [2.45, 2.75) is 36.7 Å². The van der Waals surface area contributed by atoms with Crippen molar-refractivity contribution in [3.05, 3.63) is 58.4 Å². The van der Waals surface area contributed by atoms with Crippen LogP contribution in [0.4, 0.5) is 10.1 Å². The smallest absolute Gasteiger partial charge is 0.254 e. The summed E-state index contributed by atoms with van der Waals surface area (Å²) in [5.41, 5.74) is 6.15. The van der Waals surface area contributed by atoms with E-state index >= 15 is 0 Å². The van der Waals surface area contributed by atoms with E-state index in [0.29, 0.717) is 36.3 Å². The zero-order valence-electron chi connectivity index (χ0n) is 19.4. The third-order valence-corrected chi connectivity index (χ3v) is 8.38. The van der Waals surface area contributed by atoms with Crippen molar-refractivity contribution >= 4 is 51.3 Å². The van der Waals surface area contributed by atoms with Crippen LogP contribution in [0, 0.1) is 11.7 Å². The predicted molar refractivity (Wildman–Crippen MR) is 137 cm³/mol. The van der Waals surface area contributed by atoms with Gasteiger partial charge >= 0.3 is 0 Å². The van der Waals surface area contributed by atoms with Crippen LogP contribution in [0.15, 0.2) is 41.3 Å². The third-order valence-electron chi connectivity index (χ3n) is 6.33. The molecule has 12 heteroatoms. The number of carbonyl (C=O) groups is 2. The highest BCUT2D eigenvalue weighted by Crippen LogP contribution is 2.34. The molecule has 0 radical (unpaired) electrons. The Morgan fingerprint density at radius 1 is 1.19 bits per heavy atom. The molecule has 0 spiro atoms. The normalized spacial score (nSPS) is 19.7. The fourth-order valence-electron chi connectivity index (χ4n) is 4.35. The van der Waals surface area contributed by atoms with Gasteiger partial charge in [-0.2, -0.15) is 0 Å². The number of nitrogens with one attached hydrogen (secondary N) is 1. The molecule has 2 amide bonds. The first-order valence-electron chi connectivity index (χ1n) is 11.4. The van der Waals surface area contributed by atoms with Gasteiger partial charge in [0.2, 0.25) is 5.91 Å². The van der Waals surface area contributed by atoms with Crippen LogP contribution in [-0.2, 0) is 25.9 Å². The average molecular weight is 560 g/mol. The summed E-state index contributed by atoms with van der Waals surface area (Å²) in [6.45, 7) is 1.69. The molecule has 2 heterocycles. The lowest BCUT2D eigenvalue weighted by molar-refractivity contribution is -0.119. The Kier molecular flexibility index (Phi) is 9.34. The number of carbonyl (C=O) groups excluding carboxylic acids is 2. The standard InChI is InChI=1S/C24H27ClFN3O5S.ClH/c25-17-3-1-16(2-4-17)13-29-21-11-18(23(30)28-8-5-15-6-9-34-10-7-15)19(26)12-22(21)35(32,33)14-20(27)24(29)31;/h1-4,11-12,15,20H,5-10,13-14,27H2,(H,28,30);1H/t20-;/m0./s1. The monoisotopic (exact) mass is 559 g/mol. The number of halogens is 3. The van der Waals surface area contributed by atoms with Crippen LogP contribution in [0.1, 0.15) is 35.2 Å². The summed E-state index contributed by atoms with van der Waals surface area (Å²) in [5, 5.41) is 3.21. The third kappa shape index (κ3) is 6.36. The maximum Gasteiger partial charge on any atom is 0.254 e. The van der Waals surface area contributed by atoms with Gasteiger partial charge in [-0.3, -0.25) is 9.59 Å². The van der Waals surface area contributed by atoms with E-state index in [-0.39, 0.29) is 35.1 Å². The fraction of sp³-hybridized carbons (Fsp3) is 0.417. The highest BCUT2D eigenvalue weighted by molar-refractivity contribution is 7.91. The number of ether oxygens (including phenoxy) is 1. The van der Waals surface area contributed by atoms with E-state index in [1.54, 1.807) is 24.3 Å². The molecule has 4 rings (SSSR count). The molecule has 0 aliphatic carbocycles. The van der Waals surface area contributed by atoms with E-state index in [2.05, 4.69) is 5.32 Å². The molecule has 1 fully saturated rings. The van der Waals surface area contributed by atoms with E-state index in [1.165, 1.54) is 4.90 Å². The molecule has 2 aromatic carbocycles. The van der Waals surface area contributed by atoms with Gasteiger partial charge in [-0.05, 0) is 55.0 Å². The number of rotatable bonds is 6. The fourth-order valence-corrected chi connectivity index (χ4v) is 6.04. The van der Waals surface area contributed by atoms with Crippen molar-refractivity contribution in [1.82, 2.24) is 5.32 Å². The maximum absolute atomic E-state index is 15.0. The molecular formula is C24H28Cl2FN3O5S. The number of anilines is 1. The summed E-state index contributed by atoms with van der Waals surface area (Å²) in [6, 6.07) is 7.24. The molecule has 3 N–H and O–H groups in total. The van der Waals surface area contributed by atoms with Gasteiger partial charge in [0, 0.05) is 24.8 Å². The van der Waals surface area contributed by atoms with Gasteiger partial charge in [0.1, 0.15) is 5.82 Å². The Labute approximate surface area is 220 Å². The number of hydrogen-bond donors (Lipinski definition) is 2. The van der Waals surface area contributed by atoms with Crippen LogP contribution >= 0.6 is 24.0 Å². The van der Waals surface area contributed by atoms with Crippen molar-refractivity contribution in [2.75, 3.05) is 30.4 Å². The lowest BCUT2D eigenvalue weighted by Gasteiger charge is -2.25. The first kappa shape index (κ1) is 28.3. The highest BCUT2D eigenvalue weighted by Gasteiger charge is 2.37. The lowest BCUT2D eigenvalue weighted by Crippen LogP contribution is -2.45. The number of nitrogens with two attached hydrogens (primary N) is 1. The van der Waals surface area contributed by atoms with Crippen LogP contribution in [0.2, 0.25) is 5.02 Å². The molecule has 36 heavy (non-hydrogen) atoms. The number of fused-ring (bicyclic) bond motifs is 1. The largest absolute Gasteiger partial charge is 0.381 e. The SMILES string of the molecule is Cl.N[C@H]1CS(=O)(=O)c2cc(F)c(C(=O)NCCC3CCOCC3)cc2N(Cc2ccc(Cl)cc2)C1=O. The minimum Gasteiger partial charge on any atom is -0.381 e. The summed E-state index contributed by atoms with van der Waals surface area (Å²) in [5.74, 6) is -2.54. The topological polar surface area (TPSA) is 119 Å².